The summed E-state index contributed by atoms with van der Waals surface area (Å²) < 4.78 is 69.9. The third-order valence-electron chi connectivity index (χ3n) is 4.43. The molecule has 212 valence electrons. The molecule has 0 bridgehead atoms. The van der Waals surface area contributed by atoms with Crippen LogP contribution in [0.25, 0.3) is 0 Å². The molecule has 0 heterocycles. The first-order valence-electron chi connectivity index (χ1n) is 11.2. The summed E-state index contributed by atoms with van der Waals surface area (Å²) in [5, 5.41) is 16.3. The van der Waals surface area contributed by atoms with Gasteiger partial charge >= 0.3 is 71.1 Å². The zero-order chi connectivity index (χ0) is 28.4. The summed E-state index contributed by atoms with van der Waals surface area (Å²) in [5.41, 5.74) is 0. The Labute approximate surface area is 267 Å². The molecule has 18 heteroatoms. The van der Waals surface area contributed by atoms with E-state index in [-0.39, 0.29) is 72.3 Å². The summed E-state index contributed by atoms with van der Waals surface area (Å²) in [6, 6.07) is 0. The van der Waals surface area contributed by atoms with E-state index in [4.69, 9.17) is 9.11 Å². The summed E-state index contributed by atoms with van der Waals surface area (Å²) in [6.07, 6.45) is 4.42. The molecular weight excluding hydrogens is 574 g/mol. The molecule has 0 aromatic heterocycles. The number of rotatable bonds is 18. The number of aliphatic carboxylic acids is 2. The Morgan fingerprint density at radius 2 is 0.921 bits per heavy atom. The molecule has 0 rings (SSSR count). The van der Waals surface area contributed by atoms with Crippen LogP contribution in [0.2, 0.25) is 0 Å². The Balaban J connectivity index is -0.000000289. The van der Waals surface area contributed by atoms with Gasteiger partial charge in [-0.25, -0.2) is 0 Å². The average Bonchev–Trinajstić information content (AvgIpc) is 2.74. The van der Waals surface area contributed by atoms with Crippen molar-refractivity contribution >= 4 is 44.1 Å². The number of esters is 2. The van der Waals surface area contributed by atoms with E-state index in [9.17, 15) is 46.2 Å². The van der Waals surface area contributed by atoms with E-state index in [1.807, 2.05) is 13.8 Å². The van der Waals surface area contributed by atoms with Crippen LogP contribution in [0.4, 0.5) is 0 Å². The molecule has 0 aromatic carbocycles. The van der Waals surface area contributed by atoms with Gasteiger partial charge in [0.15, 0.2) is 10.5 Å². The summed E-state index contributed by atoms with van der Waals surface area (Å²) in [4.78, 5) is 43.2. The second-order valence-corrected chi connectivity index (χ2v) is 10.8. The van der Waals surface area contributed by atoms with Gasteiger partial charge in [0.1, 0.15) is 0 Å². The molecule has 0 aliphatic carbocycles. The first-order chi connectivity index (χ1) is 16.6. The number of unbranched alkanes of at least 4 members (excludes halogenated alkanes) is 6. The van der Waals surface area contributed by atoms with Crippen molar-refractivity contribution in [3.63, 3.8) is 0 Å². The first-order valence-corrected chi connectivity index (χ1v) is 14.2. The van der Waals surface area contributed by atoms with Crippen LogP contribution in [0.1, 0.15) is 78.1 Å². The number of carbonyl (C=O) groups is 4. The molecule has 0 spiro atoms. The molecule has 0 amide bonds. The normalized spacial score (nSPS) is 12.3. The number of carboxylic acids is 2. The molecule has 0 aliphatic rings. The molecule has 0 fully saturated rings. The Bertz CT molecular complexity index is 833. The zero-order valence-corrected chi connectivity index (χ0v) is 27.9. The van der Waals surface area contributed by atoms with E-state index in [0.29, 0.717) is 12.8 Å². The molecule has 38 heavy (non-hydrogen) atoms. The SMILES string of the molecule is CCCCCCOC(=O)C(CC(=O)[O-])S(=O)(=O)O.CCCCCCOC(=O)C(CC(=O)[O-])S(=O)(=O)O.[Na+].[Na+]. The van der Waals surface area contributed by atoms with Gasteiger partial charge in [-0.2, -0.15) is 16.8 Å². The van der Waals surface area contributed by atoms with Crippen molar-refractivity contribution in [1.82, 2.24) is 0 Å². The fourth-order valence-corrected chi connectivity index (χ4v) is 3.83. The topological polar surface area (TPSA) is 242 Å². The van der Waals surface area contributed by atoms with E-state index in [1.165, 1.54) is 0 Å². The maximum Gasteiger partial charge on any atom is 1.00 e. The molecule has 2 atom stereocenters. The minimum absolute atomic E-state index is 0. The van der Waals surface area contributed by atoms with Gasteiger partial charge in [0, 0.05) is 24.8 Å². The van der Waals surface area contributed by atoms with Crippen molar-refractivity contribution in [1.29, 1.82) is 0 Å². The molecule has 0 aromatic rings. The molecule has 0 saturated heterocycles. The molecule has 0 aliphatic heterocycles. The largest absolute Gasteiger partial charge is 1.00 e. The van der Waals surface area contributed by atoms with Gasteiger partial charge in [0.25, 0.3) is 20.2 Å². The third kappa shape index (κ3) is 24.7. The van der Waals surface area contributed by atoms with Crippen molar-refractivity contribution < 1.29 is 124 Å². The van der Waals surface area contributed by atoms with Crippen molar-refractivity contribution in [2.75, 3.05) is 13.2 Å². The van der Waals surface area contributed by atoms with Crippen LogP contribution in [0.5, 0.6) is 0 Å². The predicted octanol–water partition coefficient (Wildman–Crippen LogP) is -6.98. The van der Waals surface area contributed by atoms with Crippen LogP contribution < -0.4 is 69.3 Å². The monoisotopic (exact) mass is 608 g/mol. The molecular formula is C20H34Na2O14S2. The summed E-state index contributed by atoms with van der Waals surface area (Å²) in [5.74, 6) is -6.03. The first kappa shape index (κ1) is 44.7. The van der Waals surface area contributed by atoms with E-state index in [2.05, 4.69) is 9.47 Å². The van der Waals surface area contributed by atoms with E-state index < -0.39 is 67.5 Å². The Kier molecular flexibility index (Phi) is 28.8. The summed E-state index contributed by atoms with van der Waals surface area (Å²) in [6.45, 7) is 4.00. The minimum atomic E-state index is -4.80. The molecule has 0 radical (unpaired) electrons. The molecule has 2 unspecified atom stereocenters. The van der Waals surface area contributed by atoms with Crippen LogP contribution >= 0.6 is 0 Å². The predicted molar refractivity (Wildman–Crippen MR) is 120 cm³/mol. The molecule has 2 N–H and O–H groups in total. The molecule has 0 saturated carbocycles. The number of ether oxygens (including phenoxy) is 2. The van der Waals surface area contributed by atoms with Crippen molar-refractivity contribution in [3.8, 4) is 0 Å². The van der Waals surface area contributed by atoms with Gasteiger partial charge in [-0.05, 0) is 12.8 Å². The Morgan fingerprint density at radius 3 is 1.13 bits per heavy atom. The second-order valence-electron chi connectivity index (χ2n) is 7.62. The smallest absolute Gasteiger partial charge is 0.550 e. The maximum atomic E-state index is 11.3. The fourth-order valence-electron chi connectivity index (χ4n) is 2.51. The maximum absolute atomic E-state index is 11.3. The van der Waals surface area contributed by atoms with Crippen molar-refractivity contribution in [2.45, 2.75) is 88.6 Å². The van der Waals surface area contributed by atoms with Gasteiger partial charge in [-0.15, -0.1) is 0 Å². The van der Waals surface area contributed by atoms with Gasteiger partial charge in [-0.3, -0.25) is 18.7 Å². The number of carboxylic acid groups (broad SMARTS) is 2. The van der Waals surface area contributed by atoms with E-state index >= 15 is 0 Å². The Hall–Kier alpha value is -0.300. The Morgan fingerprint density at radius 1 is 0.632 bits per heavy atom. The van der Waals surface area contributed by atoms with Crippen molar-refractivity contribution in [3.05, 3.63) is 0 Å². The quantitative estimate of drug-likeness (QED) is 0.0636. The molecule has 14 nitrogen and oxygen atoms in total. The van der Waals surface area contributed by atoms with Gasteiger partial charge in [0.2, 0.25) is 0 Å². The van der Waals surface area contributed by atoms with Gasteiger partial charge in [0.05, 0.1) is 13.2 Å². The minimum Gasteiger partial charge on any atom is -0.550 e. The second kappa shape index (κ2) is 24.5. The number of carbonyl (C=O) groups excluding carboxylic acids is 4. The summed E-state index contributed by atoms with van der Waals surface area (Å²) in [7, 11) is -9.60. The van der Waals surface area contributed by atoms with E-state index in [0.717, 1.165) is 38.5 Å². The number of hydrogen-bond donors (Lipinski definition) is 2. The third-order valence-corrected chi connectivity index (χ3v) is 6.59. The van der Waals surface area contributed by atoms with E-state index in [1.54, 1.807) is 0 Å². The standard InChI is InChI=1S/2C10H18O7S.2Na/c2*1-2-3-4-5-6-17-10(13)8(7-9(11)12)18(14,15)16;;/h2*8H,2-7H2,1H3,(H,11,12)(H,14,15,16);;/q;;2*+1/p-2. The number of hydrogen-bond acceptors (Lipinski definition) is 12. The van der Waals surface area contributed by atoms with Crippen LogP contribution in [0.3, 0.4) is 0 Å². The van der Waals surface area contributed by atoms with Crippen LogP contribution in [-0.2, 0) is 48.9 Å². The van der Waals surface area contributed by atoms with Gasteiger partial charge < -0.3 is 29.3 Å². The van der Waals surface area contributed by atoms with Crippen LogP contribution in [0, 0.1) is 0 Å². The van der Waals surface area contributed by atoms with Crippen LogP contribution in [-0.4, -0.2) is 73.5 Å². The fraction of sp³-hybridized carbons (Fsp3) is 0.800. The zero-order valence-electron chi connectivity index (χ0n) is 22.2. The van der Waals surface area contributed by atoms with Crippen molar-refractivity contribution in [2.24, 2.45) is 0 Å². The average molecular weight is 609 g/mol. The summed E-state index contributed by atoms with van der Waals surface area (Å²) >= 11 is 0. The van der Waals surface area contributed by atoms with Gasteiger partial charge in [-0.1, -0.05) is 52.4 Å². The van der Waals surface area contributed by atoms with Crippen LogP contribution in [0.15, 0.2) is 0 Å².